The third-order valence-corrected chi connectivity index (χ3v) is 2.61. The largest absolute Gasteiger partial charge is 0.494 e. The lowest BCUT2D eigenvalue weighted by Crippen LogP contribution is -2.05. The first-order valence-corrected chi connectivity index (χ1v) is 6.23. The van der Waals surface area contributed by atoms with Crippen LogP contribution in [0.1, 0.15) is 22.8 Å². The number of hydrogen-bond donors (Lipinski definition) is 0. The fraction of sp³-hybridized carbons (Fsp3) is 0.188. The van der Waals surface area contributed by atoms with Gasteiger partial charge in [0, 0.05) is 0 Å². The average molecular weight is 256 g/mol. The van der Waals surface area contributed by atoms with Crippen LogP contribution in [0.25, 0.3) is 0 Å². The lowest BCUT2D eigenvalue weighted by molar-refractivity contribution is 0.0472. The molecule has 2 aromatic carbocycles. The second kappa shape index (κ2) is 6.59. The van der Waals surface area contributed by atoms with Crippen molar-refractivity contribution >= 4 is 5.97 Å². The molecule has 2 rings (SSSR count). The molecule has 0 N–H and O–H groups in total. The van der Waals surface area contributed by atoms with Gasteiger partial charge in [0.25, 0.3) is 0 Å². The van der Waals surface area contributed by atoms with Crippen LogP contribution >= 0.6 is 0 Å². The number of hydrogen-bond acceptors (Lipinski definition) is 3. The van der Waals surface area contributed by atoms with E-state index in [1.807, 2.05) is 37.3 Å². The van der Waals surface area contributed by atoms with Gasteiger partial charge < -0.3 is 9.47 Å². The van der Waals surface area contributed by atoms with Crippen LogP contribution < -0.4 is 4.74 Å². The van der Waals surface area contributed by atoms with Crippen molar-refractivity contribution in [2.75, 3.05) is 6.61 Å². The molecular weight excluding hydrogens is 240 g/mol. The molecule has 0 bridgehead atoms. The Balaban J connectivity index is 1.92. The van der Waals surface area contributed by atoms with Crippen molar-refractivity contribution in [3.63, 3.8) is 0 Å². The molecule has 0 aromatic heterocycles. The molecule has 0 aliphatic rings. The van der Waals surface area contributed by atoms with Gasteiger partial charge in [-0.3, -0.25) is 0 Å². The summed E-state index contributed by atoms with van der Waals surface area (Å²) in [6, 6.07) is 16.6. The molecule has 19 heavy (non-hydrogen) atoms. The molecule has 0 aliphatic carbocycles. The summed E-state index contributed by atoms with van der Waals surface area (Å²) in [6.45, 7) is 2.81. The van der Waals surface area contributed by atoms with Gasteiger partial charge in [-0.05, 0) is 36.8 Å². The number of carbonyl (C=O) groups excluding carboxylic acids is 1. The maximum absolute atomic E-state index is 11.8. The highest BCUT2D eigenvalue weighted by atomic mass is 16.5. The summed E-state index contributed by atoms with van der Waals surface area (Å²) in [4.78, 5) is 11.8. The Morgan fingerprint density at radius 2 is 1.68 bits per heavy atom. The van der Waals surface area contributed by atoms with Crippen molar-refractivity contribution in [3.05, 3.63) is 65.7 Å². The fourth-order valence-electron chi connectivity index (χ4n) is 1.66. The van der Waals surface area contributed by atoms with Crippen molar-refractivity contribution in [3.8, 4) is 5.75 Å². The molecule has 3 heteroatoms. The van der Waals surface area contributed by atoms with Crippen LogP contribution in [0, 0.1) is 0 Å². The van der Waals surface area contributed by atoms with Crippen molar-refractivity contribution in [1.29, 1.82) is 0 Å². The zero-order chi connectivity index (χ0) is 13.5. The molecule has 0 saturated heterocycles. The third-order valence-electron chi connectivity index (χ3n) is 2.61. The van der Waals surface area contributed by atoms with E-state index < -0.39 is 0 Å². The molecule has 0 fully saturated rings. The molecule has 3 nitrogen and oxygen atoms in total. The first kappa shape index (κ1) is 13.1. The van der Waals surface area contributed by atoms with Crippen LogP contribution in [0.4, 0.5) is 0 Å². The molecule has 0 heterocycles. The minimum absolute atomic E-state index is 0.285. The van der Waals surface area contributed by atoms with Crippen LogP contribution in [0.5, 0.6) is 5.75 Å². The zero-order valence-electron chi connectivity index (χ0n) is 10.8. The highest BCUT2D eigenvalue weighted by Crippen LogP contribution is 2.13. The van der Waals surface area contributed by atoms with Gasteiger partial charge in [-0.25, -0.2) is 4.79 Å². The topological polar surface area (TPSA) is 35.5 Å². The summed E-state index contributed by atoms with van der Waals surface area (Å²) in [6.07, 6.45) is 0. The zero-order valence-corrected chi connectivity index (χ0v) is 10.8. The smallest absolute Gasteiger partial charge is 0.338 e. The van der Waals surface area contributed by atoms with E-state index in [1.54, 1.807) is 24.3 Å². The van der Waals surface area contributed by atoms with Gasteiger partial charge >= 0.3 is 5.97 Å². The molecule has 0 radical (unpaired) electrons. The lowest BCUT2D eigenvalue weighted by Gasteiger charge is -2.06. The summed E-state index contributed by atoms with van der Waals surface area (Å²) in [5.41, 5.74) is 1.50. The number of benzene rings is 2. The number of ether oxygens (including phenoxy) is 2. The van der Waals surface area contributed by atoms with E-state index in [0.717, 1.165) is 11.3 Å². The molecule has 0 spiro atoms. The van der Waals surface area contributed by atoms with Gasteiger partial charge in [0.15, 0.2) is 0 Å². The first-order valence-electron chi connectivity index (χ1n) is 6.23. The van der Waals surface area contributed by atoms with Crippen molar-refractivity contribution < 1.29 is 14.3 Å². The van der Waals surface area contributed by atoms with Crippen LogP contribution in [0.15, 0.2) is 54.6 Å². The summed E-state index contributed by atoms with van der Waals surface area (Å²) < 4.78 is 10.6. The monoisotopic (exact) mass is 256 g/mol. The molecule has 98 valence electrons. The number of carbonyl (C=O) groups is 1. The van der Waals surface area contributed by atoms with E-state index in [4.69, 9.17) is 9.47 Å². The Kier molecular flexibility index (Phi) is 4.56. The van der Waals surface area contributed by atoms with Gasteiger partial charge in [-0.2, -0.15) is 0 Å². The van der Waals surface area contributed by atoms with E-state index in [9.17, 15) is 4.79 Å². The Hall–Kier alpha value is -2.29. The maximum Gasteiger partial charge on any atom is 0.338 e. The number of rotatable bonds is 5. The summed E-state index contributed by atoms with van der Waals surface area (Å²) in [7, 11) is 0. The summed E-state index contributed by atoms with van der Waals surface area (Å²) in [5.74, 6) is 0.425. The maximum atomic E-state index is 11.8. The second-order valence-corrected chi connectivity index (χ2v) is 4.02. The summed E-state index contributed by atoms with van der Waals surface area (Å²) >= 11 is 0. The first-order chi connectivity index (χ1) is 9.29. The molecule has 2 aromatic rings. The van der Waals surface area contributed by atoms with E-state index in [2.05, 4.69) is 0 Å². The Morgan fingerprint density at radius 1 is 1.00 bits per heavy atom. The van der Waals surface area contributed by atoms with Crippen LogP contribution in [0.2, 0.25) is 0 Å². The molecule has 0 amide bonds. The Bertz CT molecular complexity index is 517. The van der Waals surface area contributed by atoms with Gasteiger partial charge in [0.05, 0.1) is 12.2 Å². The SMILES string of the molecule is CCOc1ccc(C(=O)OCc2ccccc2)cc1. The van der Waals surface area contributed by atoms with Crippen molar-refractivity contribution in [2.24, 2.45) is 0 Å². The Morgan fingerprint density at radius 3 is 2.32 bits per heavy atom. The summed E-state index contributed by atoms with van der Waals surface area (Å²) in [5, 5.41) is 0. The van der Waals surface area contributed by atoms with Gasteiger partial charge in [0.1, 0.15) is 12.4 Å². The minimum Gasteiger partial charge on any atom is -0.494 e. The highest BCUT2D eigenvalue weighted by Gasteiger charge is 2.07. The molecular formula is C16H16O3. The molecule has 0 aliphatic heterocycles. The number of esters is 1. The van der Waals surface area contributed by atoms with Crippen molar-refractivity contribution in [2.45, 2.75) is 13.5 Å². The average Bonchev–Trinajstić information content (AvgIpc) is 2.47. The van der Waals surface area contributed by atoms with E-state index in [-0.39, 0.29) is 12.6 Å². The molecule has 0 unspecified atom stereocenters. The Labute approximate surface area is 112 Å². The van der Waals surface area contributed by atoms with Crippen LogP contribution in [-0.2, 0) is 11.3 Å². The normalized spacial score (nSPS) is 9.95. The minimum atomic E-state index is -0.327. The molecule has 0 atom stereocenters. The second-order valence-electron chi connectivity index (χ2n) is 4.02. The lowest BCUT2D eigenvalue weighted by atomic mass is 10.2. The van der Waals surface area contributed by atoms with E-state index in [0.29, 0.717) is 12.2 Å². The highest BCUT2D eigenvalue weighted by molar-refractivity contribution is 5.89. The van der Waals surface area contributed by atoms with Crippen molar-refractivity contribution in [1.82, 2.24) is 0 Å². The van der Waals surface area contributed by atoms with E-state index in [1.165, 1.54) is 0 Å². The third kappa shape index (κ3) is 3.85. The predicted molar refractivity (Wildman–Crippen MR) is 73.2 cm³/mol. The van der Waals surface area contributed by atoms with Gasteiger partial charge in [-0.1, -0.05) is 30.3 Å². The van der Waals surface area contributed by atoms with Crippen LogP contribution in [-0.4, -0.2) is 12.6 Å². The fourth-order valence-corrected chi connectivity index (χ4v) is 1.66. The standard InChI is InChI=1S/C16H16O3/c1-2-18-15-10-8-14(9-11-15)16(17)19-12-13-6-4-3-5-7-13/h3-11H,2,12H2,1H3. The van der Waals surface area contributed by atoms with E-state index >= 15 is 0 Å². The van der Waals surface area contributed by atoms with Gasteiger partial charge in [-0.15, -0.1) is 0 Å². The molecule has 0 saturated carbocycles. The predicted octanol–water partition coefficient (Wildman–Crippen LogP) is 3.44. The van der Waals surface area contributed by atoms with Gasteiger partial charge in [0.2, 0.25) is 0 Å². The van der Waals surface area contributed by atoms with Crippen LogP contribution in [0.3, 0.4) is 0 Å². The quantitative estimate of drug-likeness (QED) is 0.769.